The molecular weight excluding hydrogens is 178 g/mol. The van der Waals surface area contributed by atoms with E-state index in [-0.39, 0.29) is 5.84 Å². The third-order valence-corrected chi connectivity index (χ3v) is 2.02. The van der Waals surface area contributed by atoms with Crippen molar-refractivity contribution in [2.24, 2.45) is 5.73 Å². The van der Waals surface area contributed by atoms with E-state index in [4.69, 9.17) is 11.1 Å². The maximum absolute atomic E-state index is 7.14. The lowest BCUT2D eigenvalue weighted by Gasteiger charge is -2.02. The third-order valence-electron chi connectivity index (χ3n) is 2.02. The Morgan fingerprint density at radius 3 is 2.64 bits per heavy atom. The van der Waals surface area contributed by atoms with Crippen molar-refractivity contribution in [3.8, 4) is 0 Å². The summed E-state index contributed by atoms with van der Waals surface area (Å²) < 4.78 is 1.85. The normalized spacial score (nSPS) is 10.4. The van der Waals surface area contributed by atoms with Gasteiger partial charge in [-0.15, -0.1) is 0 Å². The van der Waals surface area contributed by atoms with Gasteiger partial charge in [-0.25, -0.2) is 9.67 Å². The summed E-state index contributed by atoms with van der Waals surface area (Å²) in [6.45, 7) is 4.74. The standard InChI is InChI=1S/C9H17N5/c1-3-8-12-9(4-2)14(13-8)6-5-7(10)11/h3-6H2,1-2H3,(H3,10,11). The first-order chi connectivity index (χ1) is 6.67. The Labute approximate surface area is 83.8 Å². The lowest BCUT2D eigenvalue weighted by atomic mass is 10.4. The Bertz CT molecular complexity index is 315. The number of nitrogens with zero attached hydrogens (tertiary/aromatic N) is 3. The fraction of sp³-hybridized carbons (Fsp3) is 0.667. The van der Waals surface area contributed by atoms with Crippen LogP contribution in [0.15, 0.2) is 0 Å². The van der Waals surface area contributed by atoms with E-state index >= 15 is 0 Å². The van der Waals surface area contributed by atoms with Crippen molar-refractivity contribution in [2.75, 3.05) is 0 Å². The average Bonchev–Trinajstić information content (AvgIpc) is 2.57. The van der Waals surface area contributed by atoms with Gasteiger partial charge in [-0.2, -0.15) is 5.10 Å². The summed E-state index contributed by atoms with van der Waals surface area (Å²) in [5.74, 6) is 2.04. The number of aromatic nitrogens is 3. The van der Waals surface area contributed by atoms with Crippen LogP contribution in [0.25, 0.3) is 0 Å². The van der Waals surface area contributed by atoms with Crippen LogP contribution in [0.2, 0.25) is 0 Å². The Hall–Kier alpha value is -1.39. The van der Waals surface area contributed by atoms with Crippen molar-refractivity contribution >= 4 is 5.84 Å². The molecule has 1 aromatic heterocycles. The van der Waals surface area contributed by atoms with E-state index in [0.29, 0.717) is 13.0 Å². The summed E-state index contributed by atoms with van der Waals surface area (Å²) in [5, 5.41) is 11.5. The first-order valence-corrected chi connectivity index (χ1v) is 4.92. The molecule has 1 rings (SSSR count). The lowest BCUT2D eigenvalue weighted by Crippen LogP contribution is -2.15. The van der Waals surface area contributed by atoms with Gasteiger partial charge in [-0.1, -0.05) is 13.8 Å². The van der Waals surface area contributed by atoms with Gasteiger partial charge < -0.3 is 5.73 Å². The SMILES string of the molecule is CCc1nc(CC)n(CCC(=N)N)n1. The van der Waals surface area contributed by atoms with E-state index in [0.717, 1.165) is 24.5 Å². The van der Waals surface area contributed by atoms with Crippen molar-refractivity contribution in [1.82, 2.24) is 14.8 Å². The molecule has 5 nitrogen and oxygen atoms in total. The van der Waals surface area contributed by atoms with Gasteiger partial charge in [-0.3, -0.25) is 5.41 Å². The highest BCUT2D eigenvalue weighted by atomic mass is 15.3. The molecule has 0 aromatic carbocycles. The number of nitrogens with two attached hydrogens (primary N) is 1. The number of nitrogens with one attached hydrogen (secondary N) is 1. The van der Waals surface area contributed by atoms with E-state index in [2.05, 4.69) is 10.1 Å². The maximum Gasteiger partial charge on any atom is 0.150 e. The van der Waals surface area contributed by atoms with Crippen molar-refractivity contribution in [3.63, 3.8) is 0 Å². The fourth-order valence-electron chi connectivity index (χ4n) is 1.24. The van der Waals surface area contributed by atoms with Gasteiger partial charge in [0.2, 0.25) is 0 Å². The molecule has 0 bridgehead atoms. The smallest absolute Gasteiger partial charge is 0.150 e. The first-order valence-electron chi connectivity index (χ1n) is 4.92. The Kier molecular flexibility index (Phi) is 3.62. The third kappa shape index (κ3) is 2.55. The van der Waals surface area contributed by atoms with Crippen LogP contribution in [0.5, 0.6) is 0 Å². The highest BCUT2D eigenvalue weighted by Crippen LogP contribution is 2.01. The molecule has 3 N–H and O–H groups in total. The number of hydrogen-bond acceptors (Lipinski definition) is 3. The molecule has 0 atom stereocenters. The highest BCUT2D eigenvalue weighted by molar-refractivity contribution is 5.76. The molecule has 0 amide bonds. The second kappa shape index (κ2) is 4.74. The lowest BCUT2D eigenvalue weighted by molar-refractivity contribution is 0.592. The summed E-state index contributed by atoms with van der Waals surface area (Å²) in [5.41, 5.74) is 5.29. The van der Waals surface area contributed by atoms with Crippen LogP contribution >= 0.6 is 0 Å². The zero-order valence-electron chi connectivity index (χ0n) is 8.75. The Balaban J connectivity index is 2.73. The van der Waals surface area contributed by atoms with Crippen LogP contribution in [0.3, 0.4) is 0 Å². The van der Waals surface area contributed by atoms with Crippen molar-refractivity contribution < 1.29 is 0 Å². The van der Waals surface area contributed by atoms with E-state index in [9.17, 15) is 0 Å². The van der Waals surface area contributed by atoms with E-state index in [1.54, 1.807) is 0 Å². The molecule has 14 heavy (non-hydrogen) atoms. The number of aryl methyl sites for hydroxylation is 3. The molecule has 78 valence electrons. The van der Waals surface area contributed by atoms with E-state index in [1.165, 1.54) is 0 Å². The van der Waals surface area contributed by atoms with Crippen LogP contribution in [-0.2, 0) is 19.4 Å². The Morgan fingerprint density at radius 2 is 2.14 bits per heavy atom. The Morgan fingerprint density at radius 1 is 1.43 bits per heavy atom. The average molecular weight is 195 g/mol. The molecule has 1 aromatic rings. The predicted octanol–water partition coefficient (Wildman–Crippen LogP) is 0.729. The molecule has 0 saturated carbocycles. The van der Waals surface area contributed by atoms with Gasteiger partial charge in [0.05, 0.1) is 5.84 Å². The minimum Gasteiger partial charge on any atom is -0.388 e. The molecule has 0 spiro atoms. The van der Waals surface area contributed by atoms with Gasteiger partial charge in [-0.05, 0) is 0 Å². The second-order valence-electron chi connectivity index (χ2n) is 3.15. The van der Waals surface area contributed by atoms with Crippen molar-refractivity contribution in [3.05, 3.63) is 11.6 Å². The molecule has 5 heteroatoms. The minimum atomic E-state index is 0.195. The zero-order chi connectivity index (χ0) is 10.6. The maximum atomic E-state index is 7.14. The predicted molar refractivity (Wildman–Crippen MR) is 55.3 cm³/mol. The van der Waals surface area contributed by atoms with Crippen LogP contribution < -0.4 is 5.73 Å². The summed E-state index contributed by atoms with van der Waals surface area (Å²) >= 11 is 0. The molecule has 1 heterocycles. The molecule has 0 aliphatic rings. The quantitative estimate of drug-likeness (QED) is 0.537. The first kappa shape index (κ1) is 10.7. The van der Waals surface area contributed by atoms with Crippen molar-refractivity contribution in [1.29, 1.82) is 5.41 Å². The molecule has 0 radical (unpaired) electrons. The molecule has 0 unspecified atom stereocenters. The number of hydrogen-bond donors (Lipinski definition) is 2. The van der Waals surface area contributed by atoms with Crippen LogP contribution in [0, 0.1) is 5.41 Å². The topological polar surface area (TPSA) is 80.6 Å². The van der Waals surface area contributed by atoms with Gasteiger partial charge in [0.1, 0.15) is 5.82 Å². The molecular formula is C9H17N5. The van der Waals surface area contributed by atoms with Gasteiger partial charge in [0.25, 0.3) is 0 Å². The highest BCUT2D eigenvalue weighted by Gasteiger charge is 2.06. The number of rotatable bonds is 5. The summed E-state index contributed by atoms with van der Waals surface area (Å²) in [6, 6.07) is 0. The van der Waals surface area contributed by atoms with Gasteiger partial charge in [0.15, 0.2) is 5.82 Å². The van der Waals surface area contributed by atoms with Crippen LogP contribution in [0.1, 0.15) is 31.9 Å². The number of amidine groups is 1. The van der Waals surface area contributed by atoms with Gasteiger partial charge in [0, 0.05) is 25.8 Å². The summed E-state index contributed by atoms with van der Waals surface area (Å²) in [4.78, 5) is 4.37. The molecule has 0 fully saturated rings. The van der Waals surface area contributed by atoms with Crippen LogP contribution in [-0.4, -0.2) is 20.6 Å². The van der Waals surface area contributed by atoms with Crippen LogP contribution in [0.4, 0.5) is 0 Å². The largest absolute Gasteiger partial charge is 0.388 e. The summed E-state index contributed by atoms with van der Waals surface area (Å²) in [6.07, 6.45) is 2.25. The molecule has 0 aliphatic carbocycles. The summed E-state index contributed by atoms with van der Waals surface area (Å²) in [7, 11) is 0. The monoisotopic (exact) mass is 195 g/mol. The molecule has 0 aliphatic heterocycles. The van der Waals surface area contributed by atoms with E-state index < -0.39 is 0 Å². The van der Waals surface area contributed by atoms with Crippen molar-refractivity contribution in [2.45, 2.75) is 39.7 Å². The minimum absolute atomic E-state index is 0.195. The molecule has 0 saturated heterocycles. The second-order valence-corrected chi connectivity index (χ2v) is 3.15. The van der Waals surface area contributed by atoms with Gasteiger partial charge >= 0.3 is 0 Å². The van der Waals surface area contributed by atoms with E-state index in [1.807, 2.05) is 18.5 Å². The fourth-order valence-corrected chi connectivity index (χ4v) is 1.24. The zero-order valence-corrected chi connectivity index (χ0v) is 8.75.